The summed E-state index contributed by atoms with van der Waals surface area (Å²) in [6, 6.07) is 13.6. The van der Waals surface area contributed by atoms with Gasteiger partial charge in [0.25, 0.3) is 0 Å². The van der Waals surface area contributed by atoms with Gasteiger partial charge in [0.2, 0.25) is 5.95 Å². The van der Waals surface area contributed by atoms with Gasteiger partial charge in [-0.3, -0.25) is 0 Å². The number of rotatable bonds is 7. The van der Waals surface area contributed by atoms with Crippen molar-refractivity contribution in [3.05, 3.63) is 71.1 Å². The Morgan fingerprint density at radius 1 is 1.12 bits per heavy atom. The van der Waals surface area contributed by atoms with Gasteiger partial charge in [0.1, 0.15) is 17.4 Å². The van der Waals surface area contributed by atoms with Crippen LogP contribution in [-0.2, 0) is 6.42 Å². The van der Waals surface area contributed by atoms with Crippen LogP contribution < -0.4 is 15.4 Å². The Labute approximate surface area is 156 Å². The second kappa shape index (κ2) is 8.49. The lowest BCUT2D eigenvalue weighted by Gasteiger charge is -2.10. The largest absolute Gasteiger partial charge is 0.495 e. The van der Waals surface area contributed by atoms with E-state index in [-0.39, 0.29) is 5.82 Å². The molecule has 2 N–H and O–H groups in total. The molecule has 26 heavy (non-hydrogen) atoms. The maximum atomic E-state index is 12.9. The number of halogens is 2. The normalized spacial score (nSPS) is 10.4. The van der Waals surface area contributed by atoms with E-state index in [1.807, 2.05) is 6.07 Å². The average molecular weight is 373 g/mol. The average Bonchev–Trinajstić information content (AvgIpc) is 2.64. The number of nitrogens with one attached hydrogen (secondary N) is 2. The van der Waals surface area contributed by atoms with Crippen LogP contribution in [0.1, 0.15) is 5.56 Å². The Kier molecular flexibility index (Phi) is 5.86. The van der Waals surface area contributed by atoms with Gasteiger partial charge in [-0.1, -0.05) is 23.7 Å². The van der Waals surface area contributed by atoms with Gasteiger partial charge in [-0.25, -0.2) is 9.37 Å². The molecule has 1 heterocycles. The fraction of sp³-hybridized carbons (Fsp3) is 0.158. The number of nitrogens with zero attached hydrogens (tertiary/aromatic N) is 2. The van der Waals surface area contributed by atoms with Crippen molar-refractivity contribution in [2.24, 2.45) is 0 Å². The van der Waals surface area contributed by atoms with Crippen molar-refractivity contribution in [2.45, 2.75) is 6.42 Å². The van der Waals surface area contributed by atoms with Gasteiger partial charge in [-0.15, -0.1) is 0 Å². The summed E-state index contributed by atoms with van der Waals surface area (Å²) < 4.78 is 18.0. The zero-order chi connectivity index (χ0) is 18.4. The maximum absolute atomic E-state index is 12.9. The molecular weight excluding hydrogens is 355 g/mol. The summed E-state index contributed by atoms with van der Waals surface area (Å²) in [5.41, 5.74) is 1.84. The number of benzene rings is 2. The summed E-state index contributed by atoms with van der Waals surface area (Å²) >= 11 is 6.13. The molecule has 0 aliphatic rings. The van der Waals surface area contributed by atoms with Crippen LogP contribution in [0.2, 0.25) is 5.02 Å². The van der Waals surface area contributed by atoms with E-state index in [0.717, 1.165) is 17.7 Å². The van der Waals surface area contributed by atoms with E-state index in [1.165, 1.54) is 12.1 Å². The maximum Gasteiger partial charge on any atom is 0.224 e. The first kappa shape index (κ1) is 17.9. The van der Waals surface area contributed by atoms with Gasteiger partial charge in [0, 0.05) is 18.4 Å². The number of methoxy groups -OCH3 is 1. The topological polar surface area (TPSA) is 59.1 Å². The molecule has 0 fully saturated rings. The predicted octanol–water partition coefficient (Wildman–Crippen LogP) is 4.68. The van der Waals surface area contributed by atoms with Crippen molar-refractivity contribution in [2.75, 3.05) is 24.3 Å². The van der Waals surface area contributed by atoms with Gasteiger partial charge < -0.3 is 15.4 Å². The van der Waals surface area contributed by atoms with Crippen molar-refractivity contribution >= 4 is 29.1 Å². The molecule has 0 atom stereocenters. The van der Waals surface area contributed by atoms with E-state index in [0.29, 0.717) is 29.1 Å². The van der Waals surface area contributed by atoms with Gasteiger partial charge in [0.15, 0.2) is 0 Å². The molecule has 3 rings (SSSR count). The molecule has 0 amide bonds. The summed E-state index contributed by atoms with van der Waals surface area (Å²) in [5, 5.41) is 6.86. The van der Waals surface area contributed by atoms with Crippen molar-refractivity contribution in [3.63, 3.8) is 0 Å². The van der Waals surface area contributed by atoms with Crippen LogP contribution >= 0.6 is 11.6 Å². The third-order valence-electron chi connectivity index (χ3n) is 3.69. The van der Waals surface area contributed by atoms with Crippen LogP contribution in [-0.4, -0.2) is 23.6 Å². The van der Waals surface area contributed by atoms with Crippen molar-refractivity contribution in [1.82, 2.24) is 9.97 Å². The van der Waals surface area contributed by atoms with Crippen LogP contribution in [0.15, 0.2) is 54.7 Å². The lowest BCUT2D eigenvalue weighted by molar-refractivity contribution is 0.415. The van der Waals surface area contributed by atoms with E-state index in [9.17, 15) is 4.39 Å². The van der Waals surface area contributed by atoms with E-state index >= 15 is 0 Å². The molecule has 0 aliphatic heterocycles. The third-order valence-corrected chi connectivity index (χ3v) is 3.99. The molecule has 0 spiro atoms. The Hall–Kier alpha value is -2.86. The van der Waals surface area contributed by atoms with Gasteiger partial charge in [0.05, 0.1) is 12.1 Å². The molecule has 0 saturated carbocycles. The number of aromatic nitrogens is 2. The highest BCUT2D eigenvalue weighted by Gasteiger charge is 2.04. The minimum Gasteiger partial charge on any atom is -0.495 e. The predicted molar refractivity (Wildman–Crippen MR) is 102 cm³/mol. The second-order valence-corrected chi connectivity index (χ2v) is 5.95. The fourth-order valence-corrected chi connectivity index (χ4v) is 2.63. The molecule has 3 aromatic rings. The quantitative estimate of drug-likeness (QED) is 0.630. The Morgan fingerprint density at radius 3 is 2.65 bits per heavy atom. The molecular formula is C19H18ClFN4O. The SMILES string of the molecule is COc1ccc(Nc2ccnc(NCCc3ccc(F)cc3)n2)cc1Cl. The zero-order valence-electron chi connectivity index (χ0n) is 14.2. The van der Waals surface area contributed by atoms with Crippen molar-refractivity contribution < 1.29 is 9.13 Å². The van der Waals surface area contributed by atoms with Crippen molar-refractivity contribution in [3.8, 4) is 5.75 Å². The zero-order valence-corrected chi connectivity index (χ0v) is 14.9. The number of hydrogen-bond acceptors (Lipinski definition) is 5. The Balaban J connectivity index is 1.59. The van der Waals surface area contributed by atoms with Crippen LogP contribution in [0.5, 0.6) is 5.75 Å². The first-order chi connectivity index (χ1) is 12.6. The van der Waals surface area contributed by atoms with Crippen LogP contribution in [0, 0.1) is 5.82 Å². The monoisotopic (exact) mass is 372 g/mol. The summed E-state index contributed by atoms with van der Waals surface area (Å²) in [5.74, 6) is 1.53. The van der Waals surface area contributed by atoms with E-state index in [1.54, 1.807) is 43.6 Å². The molecule has 5 nitrogen and oxygen atoms in total. The lowest BCUT2D eigenvalue weighted by Crippen LogP contribution is -2.08. The van der Waals surface area contributed by atoms with Crippen LogP contribution in [0.3, 0.4) is 0 Å². The van der Waals surface area contributed by atoms with Gasteiger partial charge in [-0.2, -0.15) is 4.98 Å². The summed E-state index contributed by atoms with van der Waals surface area (Å²) in [6.07, 6.45) is 2.41. The van der Waals surface area contributed by atoms with E-state index in [4.69, 9.17) is 16.3 Å². The highest BCUT2D eigenvalue weighted by Crippen LogP contribution is 2.28. The van der Waals surface area contributed by atoms with Gasteiger partial charge >= 0.3 is 0 Å². The number of hydrogen-bond donors (Lipinski definition) is 2. The fourth-order valence-electron chi connectivity index (χ4n) is 2.38. The molecule has 1 aromatic heterocycles. The molecule has 0 radical (unpaired) electrons. The standard InChI is InChI=1S/C19H18ClFN4O/c1-26-17-7-6-15(12-16(17)20)24-18-9-11-23-19(25-18)22-10-8-13-2-4-14(21)5-3-13/h2-7,9,11-12H,8,10H2,1H3,(H2,22,23,24,25). The minimum atomic E-state index is -0.234. The first-order valence-corrected chi connectivity index (χ1v) is 8.44. The summed E-state index contributed by atoms with van der Waals surface area (Å²) in [6.45, 7) is 0.642. The number of ether oxygens (including phenoxy) is 1. The van der Waals surface area contributed by atoms with E-state index in [2.05, 4.69) is 20.6 Å². The summed E-state index contributed by atoms with van der Waals surface area (Å²) in [7, 11) is 1.57. The molecule has 2 aromatic carbocycles. The van der Waals surface area contributed by atoms with Crippen LogP contribution in [0.4, 0.5) is 21.8 Å². The smallest absolute Gasteiger partial charge is 0.224 e. The molecule has 7 heteroatoms. The van der Waals surface area contributed by atoms with E-state index < -0.39 is 0 Å². The lowest BCUT2D eigenvalue weighted by atomic mass is 10.1. The molecule has 0 unspecified atom stereocenters. The van der Waals surface area contributed by atoms with Gasteiger partial charge in [-0.05, 0) is 48.4 Å². The molecule has 0 bridgehead atoms. The summed E-state index contributed by atoms with van der Waals surface area (Å²) in [4.78, 5) is 8.62. The highest BCUT2D eigenvalue weighted by molar-refractivity contribution is 6.32. The first-order valence-electron chi connectivity index (χ1n) is 8.06. The second-order valence-electron chi connectivity index (χ2n) is 5.54. The Bertz CT molecular complexity index is 874. The molecule has 0 saturated heterocycles. The molecule has 134 valence electrons. The van der Waals surface area contributed by atoms with Crippen molar-refractivity contribution in [1.29, 1.82) is 0 Å². The highest BCUT2D eigenvalue weighted by atomic mass is 35.5. The minimum absolute atomic E-state index is 0.234. The Morgan fingerprint density at radius 2 is 1.92 bits per heavy atom. The molecule has 0 aliphatic carbocycles. The van der Waals surface area contributed by atoms with Crippen LogP contribution in [0.25, 0.3) is 0 Å². The number of anilines is 3. The third kappa shape index (κ3) is 4.83.